The Morgan fingerprint density at radius 2 is 2.69 bits per heavy atom. The molecule has 1 aromatic rings. The van der Waals surface area contributed by atoms with E-state index < -0.39 is 0 Å². The Labute approximate surface area is 82.1 Å². The van der Waals surface area contributed by atoms with E-state index in [0.29, 0.717) is 5.92 Å². The fourth-order valence-electron chi connectivity index (χ4n) is 1.50. The van der Waals surface area contributed by atoms with Crippen LogP contribution in [-0.2, 0) is 11.3 Å². The average molecular weight is 198 g/mol. The Hall–Kier alpha value is -0.450. The van der Waals surface area contributed by atoms with Crippen molar-refractivity contribution >= 4 is 11.3 Å². The van der Waals surface area contributed by atoms with Gasteiger partial charge >= 0.3 is 0 Å². The minimum atomic E-state index is 0.716. The molecule has 0 saturated carbocycles. The van der Waals surface area contributed by atoms with Crippen LogP contribution in [0, 0.1) is 5.92 Å². The summed E-state index contributed by atoms with van der Waals surface area (Å²) >= 11 is 1.65. The van der Waals surface area contributed by atoms with E-state index in [1.165, 1.54) is 11.3 Å². The van der Waals surface area contributed by atoms with Crippen molar-refractivity contribution in [3.05, 3.63) is 16.6 Å². The van der Waals surface area contributed by atoms with E-state index >= 15 is 0 Å². The van der Waals surface area contributed by atoms with Crippen LogP contribution in [0.15, 0.2) is 11.7 Å². The summed E-state index contributed by atoms with van der Waals surface area (Å²) in [6.07, 6.45) is 3.13. The van der Waals surface area contributed by atoms with Gasteiger partial charge in [0.1, 0.15) is 0 Å². The number of hydrogen-bond donors (Lipinski definition) is 1. The van der Waals surface area contributed by atoms with Gasteiger partial charge < -0.3 is 10.1 Å². The third kappa shape index (κ3) is 2.76. The van der Waals surface area contributed by atoms with Crippen LogP contribution in [0.1, 0.15) is 11.3 Å². The van der Waals surface area contributed by atoms with E-state index in [-0.39, 0.29) is 0 Å². The lowest BCUT2D eigenvalue weighted by atomic mass is 10.1. The summed E-state index contributed by atoms with van der Waals surface area (Å²) in [5.74, 6) is 0.716. The lowest BCUT2D eigenvalue weighted by molar-refractivity contribution is 0.0942. The molecule has 1 aromatic heterocycles. The van der Waals surface area contributed by atoms with Crippen molar-refractivity contribution in [1.29, 1.82) is 0 Å². The van der Waals surface area contributed by atoms with Crippen LogP contribution in [0.2, 0.25) is 0 Å². The van der Waals surface area contributed by atoms with Crippen molar-refractivity contribution in [2.24, 2.45) is 5.92 Å². The predicted molar refractivity (Wildman–Crippen MR) is 52.7 cm³/mol. The van der Waals surface area contributed by atoms with Gasteiger partial charge in [-0.05, 0) is 18.9 Å². The molecule has 1 N–H and O–H groups in total. The maximum absolute atomic E-state index is 5.59. The van der Waals surface area contributed by atoms with E-state index in [9.17, 15) is 0 Å². The highest BCUT2D eigenvalue weighted by molar-refractivity contribution is 7.09. The first-order valence-electron chi connectivity index (χ1n) is 4.61. The van der Waals surface area contributed by atoms with E-state index in [1.807, 2.05) is 11.7 Å². The molecular weight excluding hydrogens is 184 g/mol. The minimum Gasteiger partial charge on any atom is -0.376 e. The zero-order chi connectivity index (χ0) is 8.93. The first kappa shape index (κ1) is 9.12. The first-order chi connectivity index (χ1) is 6.45. The summed E-state index contributed by atoms with van der Waals surface area (Å²) in [6.45, 7) is 3.86. The van der Waals surface area contributed by atoms with Crippen LogP contribution in [0.5, 0.6) is 0 Å². The highest BCUT2D eigenvalue weighted by Gasteiger charge is 2.13. The predicted octanol–water partition coefficient (Wildman–Crippen LogP) is 1.27. The molecule has 1 aliphatic heterocycles. The number of aromatic nitrogens is 1. The number of nitrogens with zero attached hydrogens (tertiary/aromatic N) is 1. The van der Waals surface area contributed by atoms with Crippen LogP contribution in [0.3, 0.4) is 0 Å². The van der Waals surface area contributed by atoms with Crippen LogP contribution < -0.4 is 5.32 Å². The van der Waals surface area contributed by atoms with Gasteiger partial charge in [0.15, 0.2) is 0 Å². The number of thiazole rings is 1. The lowest BCUT2D eigenvalue weighted by Crippen LogP contribution is -2.13. The summed E-state index contributed by atoms with van der Waals surface area (Å²) < 4.78 is 5.59. The minimum absolute atomic E-state index is 0.716. The molecular formula is C9H14N2OS. The number of nitrogens with one attached hydrogen (secondary N) is 1. The number of hydrogen-bond acceptors (Lipinski definition) is 4. The molecule has 13 heavy (non-hydrogen) atoms. The molecule has 2 rings (SSSR count). The number of rotatable bonds is 4. The Kier molecular flexibility index (Phi) is 3.29. The first-order valence-corrected chi connectivity index (χ1v) is 5.49. The molecule has 0 unspecified atom stereocenters. The lowest BCUT2D eigenvalue weighted by Gasteiger charge is -2.07. The zero-order valence-electron chi connectivity index (χ0n) is 7.53. The van der Waals surface area contributed by atoms with Crippen molar-refractivity contribution in [1.82, 2.24) is 10.3 Å². The van der Waals surface area contributed by atoms with Gasteiger partial charge in [-0.1, -0.05) is 0 Å². The molecule has 2 heterocycles. The smallest absolute Gasteiger partial charge is 0.0825 e. The average Bonchev–Trinajstić information content (AvgIpc) is 2.75. The standard InChI is InChI=1S/C9H14N2OS/c1-2-10-3-8(1)5-12-6-9-4-11-7-13-9/h4,7-8,10H,1-3,5-6H2/t8-/m0/s1. The van der Waals surface area contributed by atoms with Crippen molar-refractivity contribution < 1.29 is 4.74 Å². The van der Waals surface area contributed by atoms with Crippen molar-refractivity contribution in [2.45, 2.75) is 13.0 Å². The molecule has 0 radical (unpaired) electrons. The second kappa shape index (κ2) is 4.69. The van der Waals surface area contributed by atoms with Crippen LogP contribution in [0.4, 0.5) is 0 Å². The molecule has 0 aliphatic carbocycles. The van der Waals surface area contributed by atoms with E-state index in [1.54, 1.807) is 11.3 Å². The van der Waals surface area contributed by atoms with Gasteiger partial charge in [-0.3, -0.25) is 4.98 Å². The molecule has 0 bridgehead atoms. The second-order valence-corrected chi connectivity index (χ2v) is 4.31. The largest absolute Gasteiger partial charge is 0.376 e. The molecule has 0 aromatic carbocycles. The summed E-state index contributed by atoms with van der Waals surface area (Å²) in [6, 6.07) is 0. The molecule has 1 aliphatic rings. The molecule has 0 spiro atoms. The van der Waals surface area contributed by atoms with Gasteiger partial charge in [-0.15, -0.1) is 11.3 Å². The Balaban J connectivity index is 1.63. The summed E-state index contributed by atoms with van der Waals surface area (Å²) in [5, 5.41) is 3.33. The summed E-state index contributed by atoms with van der Waals surface area (Å²) in [5.41, 5.74) is 1.84. The monoisotopic (exact) mass is 198 g/mol. The van der Waals surface area contributed by atoms with Crippen LogP contribution in [0.25, 0.3) is 0 Å². The quantitative estimate of drug-likeness (QED) is 0.791. The van der Waals surface area contributed by atoms with Gasteiger partial charge in [-0.25, -0.2) is 0 Å². The van der Waals surface area contributed by atoms with Crippen molar-refractivity contribution in [3.63, 3.8) is 0 Å². The molecule has 72 valence electrons. The molecule has 1 fully saturated rings. The van der Waals surface area contributed by atoms with E-state index in [4.69, 9.17) is 4.74 Å². The van der Waals surface area contributed by atoms with Gasteiger partial charge in [0, 0.05) is 12.7 Å². The molecule has 0 amide bonds. The van der Waals surface area contributed by atoms with Crippen LogP contribution >= 0.6 is 11.3 Å². The Morgan fingerprint density at radius 1 is 1.69 bits per heavy atom. The SMILES string of the molecule is c1ncc(COC[C@H]2CCNC2)s1. The normalized spacial score (nSPS) is 22.3. The highest BCUT2D eigenvalue weighted by Crippen LogP contribution is 2.11. The maximum Gasteiger partial charge on any atom is 0.0825 e. The second-order valence-electron chi connectivity index (χ2n) is 3.34. The summed E-state index contributed by atoms with van der Waals surface area (Å²) in [7, 11) is 0. The molecule has 1 atom stereocenters. The third-order valence-electron chi connectivity index (χ3n) is 2.24. The molecule has 1 saturated heterocycles. The maximum atomic E-state index is 5.59. The van der Waals surface area contributed by atoms with E-state index in [2.05, 4.69) is 10.3 Å². The fourth-order valence-corrected chi connectivity index (χ4v) is 2.03. The zero-order valence-corrected chi connectivity index (χ0v) is 8.35. The molecule has 3 nitrogen and oxygen atoms in total. The number of ether oxygens (including phenoxy) is 1. The van der Waals surface area contributed by atoms with Gasteiger partial charge in [-0.2, -0.15) is 0 Å². The highest BCUT2D eigenvalue weighted by atomic mass is 32.1. The summed E-state index contributed by atoms with van der Waals surface area (Å²) in [4.78, 5) is 5.21. The molecule has 4 heteroatoms. The topological polar surface area (TPSA) is 34.1 Å². The van der Waals surface area contributed by atoms with Gasteiger partial charge in [0.25, 0.3) is 0 Å². The fraction of sp³-hybridized carbons (Fsp3) is 0.667. The van der Waals surface area contributed by atoms with E-state index in [0.717, 1.165) is 26.3 Å². The van der Waals surface area contributed by atoms with Gasteiger partial charge in [0.05, 0.1) is 23.6 Å². The van der Waals surface area contributed by atoms with Crippen LogP contribution in [-0.4, -0.2) is 24.7 Å². The Morgan fingerprint density at radius 3 is 3.38 bits per heavy atom. The third-order valence-corrected chi connectivity index (χ3v) is 3.00. The van der Waals surface area contributed by atoms with Gasteiger partial charge in [0.2, 0.25) is 0 Å². The van der Waals surface area contributed by atoms with Crippen molar-refractivity contribution in [3.8, 4) is 0 Å². The van der Waals surface area contributed by atoms with Crippen molar-refractivity contribution in [2.75, 3.05) is 19.7 Å². The Bertz CT molecular complexity index is 232.